The van der Waals surface area contributed by atoms with E-state index < -0.39 is 0 Å². The quantitative estimate of drug-likeness (QED) is 0.575. The average molecular weight is 358 g/mol. The van der Waals surface area contributed by atoms with Gasteiger partial charge in [0.1, 0.15) is 0 Å². The second kappa shape index (κ2) is 9.56. The maximum absolute atomic E-state index is 12.2. The minimum atomic E-state index is 0.0910. The number of carbonyl (C=O) groups is 1. The van der Waals surface area contributed by atoms with Gasteiger partial charge in [-0.15, -0.1) is 0 Å². The molecular formula is C20H27N3OS. The Morgan fingerprint density at radius 2 is 1.76 bits per heavy atom. The lowest BCUT2D eigenvalue weighted by atomic mass is 10.0. The maximum Gasteiger partial charge on any atom is 0.220 e. The van der Waals surface area contributed by atoms with Crippen LogP contribution in [0.4, 0.5) is 0 Å². The number of nitrogens with zero attached hydrogens (tertiary/aromatic N) is 2. The Labute approximate surface area is 154 Å². The fourth-order valence-electron chi connectivity index (χ4n) is 2.85. The minimum absolute atomic E-state index is 0.0910. The molecule has 4 nitrogen and oxygen atoms in total. The summed E-state index contributed by atoms with van der Waals surface area (Å²) in [6, 6.07) is 10.5. The third-order valence-corrected chi connectivity index (χ3v) is 4.85. The van der Waals surface area contributed by atoms with Gasteiger partial charge in [0.05, 0.1) is 0 Å². The molecule has 0 saturated heterocycles. The lowest BCUT2D eigenvalue weighted by Crippen LogP contribution is -2.33. The normalized spacial score (nSPS) is 12.0. The highest BCUT2D eigenvalue weighted by Gasteiger charge is 2.12. The zero-order valence-electron chi connectivity index (χ0n) is 15.5. The summed E-state index contributed by atoms with van der Waals surface area (Å²) < 4.78 is 0. The number of rotatable bonds is 8. The molecule has 1 N–H and O–H groups in total. The second-order valence-electron chi connectivity index (χ2n) is 6.35. The van der Waals surface area contributed by atoms with Crippen LogP contribution in [-0.4, -0.2) is 28.2 Å². The fourth-order valence-corrected chi connectivity index (χ4v) is 3.30. The highest BCUT2D eigenvalue weighted by Crippen LogP contribution is 2.17. The molecule has 1 aromatic heterocycles. The lowest BCUT2D eigenvalue weighted by molar-refractivity contribution is -0.121. The van der Waals surface area contributed by atoms with Crippen LogP contribution < -0.4 is 5.32 Å². The van der Waals surface area contributed by atoms with E-state index in [0.29, 0.717) is 12.8 Å². The first kappa shape index (κ1) is 19.4. The van der Waals surface area contributed by atoms with Gasteiger partial charge in [-0.2, -0.15) is 0 Å². The summed E-state index contributed by atoms with van der Waals surface area (Å²) in [5.41, 5.74) is 4.34. The summed E-state index contributed by atoms with van der Waals surface area (Å²) in [7, 11) is 0. The molecule has 0 radical (unpaired) electrons. The van der Waals surface area contributed by atoms with E-state index in [0.717, 1.165) is 34.9 Å². The van der Waals surface area contributed by atoms with Gasteiger partial charge in [0, 0.05) is 23.9 Å². The van der Waals surface area contributed by atoms with Crippen LogP contribution in [0.25, 0.3) is 0 Å². The van der Waals surface area contributed by atoms with Crippen molar-refractivity contribution in [3.63, 3.8) is 0 Å². The monoisotopic (exact) mass is 357 g/mol. The molecule has 1 aromatic carbocycles. The van der Waals surface area contributed by atoms with Gasteiger partial charge in [-0.05, 0) is 57.4 Å². The molecule has 25 heavy (non-hydrogen) atoms. The van der Waals surface area contributed by atoms with Gasteiger partial charge in [-0.25, -0.2) is 9.97 Å². The van der Waals surface area contributed by atoms with Crippen molar-refractivity contribution >= 4 is 17.7 Å². The Balaban J connectivity index is 1.80. The van der Waals surface area contributed by atoms with Crippen LogP contribution in [0.5, 0.6) is 0 Å². The smallest absolute Gasteiger partial charge is 0.220 e. The highest BCUT2D eigenvalue weighted by molar-refractivity contribution is 7.98. The van der Waals surface area contributed by atoms with Crippen LogP contribution in [-0.2, 0) is 17.6 Å². The molecule has 0 aliphatic rings. The molecule has 1 amide bonds. The number of amides is 1. The van der Waals surface area contributed by atoms with E-state index in [1.54, 1.807) is 11.8 Å². The van der Waals surface area contributed by atoms with Crippen LogP contribution in [0.3, 0.4) is 0 Å². The van der Waals surface area contributed by atoms with Crippen molar-refractivity contribution in [1.82, 2.24) is 15.3 Å². The molecule has 1 unspecified atom stereocenters. The Morgan fingerprint density at radius 3 is 2.36 bits per heavy atom. The Kier molecular flexibility index (Phi) is 7.44. The SMILES string of the molecule is CSc1nc(C)c(CCC(=O)NC(C)CCc2ccccc2)c(C)n1. The van der Waals surface area contributed by atoms with Gasteiger partial charge in [0.2, 0.25) is 5.91 Å². The lowest BCUT2D eigenvalue weighted by Gasteiger charge is -2.15. The third-order valence-electron chi connectivity index (χ3n) is 4.30. The molecule has 1 atom stereocenters. The Morgan fingerprint density at radius 1 is 1.12 bits per heavy atom. The molecule has 0 bridgehead atoms. The Bertz CT molecular complexity index is 680. The predicted molar refractivity (Wildman–Crippen MR) is 104 cm³/mol. The zero-order valence-corrected chi connectivity index (χ0v) is 16.3. The molecule has 0 aliphatic carbocycles. The summed E-state index contributed by atoms with van der Waals surface area (Å²) in [5, 5.41) is 3.89. The van der Waals surface area contributed by atoms with Crippen molar-refractivity contribution in [2.75, 3.05) is 6.26 Å². The molecule has 0 spiro atoms. The van der Waals surface area contributed by atoms with Crippen molar-refractivity contribution in [3.05, 3.63) is 52.8 Å². The first-order valence-electron chi connectivity index (χ1n) is 8.71. The summed E-state index contributed by atoms with van der Waals surface area (Å²) >= 11 is 1.54. The molecule has 0 fully saturated rings. The largest absolute Gasteiger partial charge is 0.354 e. The van der Waals surface area contributed by atoms with Crippen molar-refractivity contribution in [3.8, 4) is 0 Å². The van der Waals surface area contributed by atoms with Gasteiger partial charge in [-0.3, -0.25) is 4.79 Å². The number of thioether (sulfide) groups is 1. The summed E-state index contributed by atoms with van der Waals surface area (Å²) in [6.07, 6.45) is 5.05. The van der Waals surface area contributed by atoms with Gasteiger partial charge < -0.3 is 5.32 Å². The molecule has 2 rings (SSSR count). The van der Waals surface area contributed by atoms with Crippen LogP contribution in [0.15, 0.2) is 35.5 Å². The number of carbonyl (C=O) groups excluding carboxylic acids is 1. The number of nitrogens with one attached hydrogen (secondary N) is 1. The first-order chi connectivity index (χ1) is 12.0. The second-order valence-corrected chi connectivity index (χ2v) is 7.13. The average Bonchev–Trinajstić information content (AvgIpc) is 2.60. The molecule has 2 aromatic rings. The minimum Gasteiger partial charge on any atom is -0.354 e. The number of aryl methyl sites for hydroxylation is 3. The highest BCUT2D eigenvalue weighted by atomic mass is 32.2. The molecule has 0 aliphatic heterocycles. The molecule has 0 saturated carbocycles. The maximum atomic E-state index is 12.2. The van der Waals surface area contributed by atoms with E-state index in [4.69, 9.17) is 0 Å². The van der Waals surface area contributed by atoms with Crippen molar-refractivity contribution in [1.29, 1.82) is 0 Å². The Hall–Kier alpha value is -1.88. The van der Waals surface area contributed by atoms with Crippen LogP contribution in [0.2, 0.25) is 0 Å². The van der Waals surface area contributed by atoms with E-state index in [9.17, 15) is 4.79 Å². The third kappa shape index (κ3) is 6.16. The molecule has 5 heteroatoms. The summed E-state index contributed by atoms with van der Waals surface area (Å²) in [6.45, 7) is 6.04. The van der Waals surface area contributed by atoms with E-state index in [2.05, 4.69) is 34.3 Å². The topological polar surface area (TPSA) is 54.9 Å². The van der Waals surface area contributed by atoms with Crippen molar-refractivity contribution in [2.24, 2.45) is 0 Å². The van der Waals surface area contributed by atoms with Gasteiger partial charge in [0.25, 0.3) is 0 Å². The number of aromatic nitrogens is 2. The van der Waals surface area contributed by atoms with Gasteiger partial charge >= 0.3 is 0 Å². The molecule has 134 valence electrons. The molecule has 1 heterocycles. The predicted octanol–water partition coefficient (Wildman–Crippen LogP) is 3.89. The van der Waals surface area contributed by atoms with Gasteiger partial charge in [-0.1, -0.05) is 42.1 Å². The number of hydrogen-bond donors (Lipinski definition) is 1. The summed E-state index contributed by atoms with van der Waals surface area (Å²) in [4.78, 5) is 21.2. The first-order valence-corrected chi connectivity index (χ1v) is 9.93. The van der Waals surface area contributed by atoms with Crippen LogP contribution >= 0.6 is 11.8 Å². The standard InChI is InChI=1S/C20H27N3OS/c1-14(10-11-17-8-6-5-7-9-17)21-19(24)13-12-18-15(2)22-20(25-4)23-16(18)3/h5-9,14H,10-13H2,1-4H3,(H,21,24). The van der Waals surface area contributed by atoms with E-state index >= 15 is 0 Å². The van der Waals surface area contributed by atoms with E-state index in [-0.39, 0.29) is 11.9 Å². The molecular weight excluding hydrogens is 330 g/mol. The van der Waals surface area contributed by atoms with Crippen molar-refractivity contribution < 1.29 is 4.79 Å². The van der Waals surface area contributed by atoms with E-state index in [1.165, 1.54) is 5.56 Å². The number of hydrogen-bond acceptors (Lipinski definition) is 4. The fraction of sp³-hybridized carbons (Fsp3) is 0.450. The van der Waals surface area contributed by atoms with E-state index in [1.807, 2.05) is 38.3 Å². The van der Waals surface area contributed by atoms with Crippen LogP contribution in [0, 0.1) is 13.8 Å². The summed E-state index contributed by atoms with van der Waals surface area (Å²) in [5.74, 6) is 0.0910. The van der Waals surface area contributed by atoms with Crippen LogP contribution in [0.1, 0.15) is 42.3 Å². The van der Waals surface area contributed by atoms with Gasteiger partial charge in [0.15, 0.2) is 5.16 Å². The van der Waals surface area contributed by atoms with Crippen molar-refractivity contribution in [2.45, 2.75) is 57.7 Å². The number of benzene rings is 1. The zero-order chi connectivity index (χ0) is 18.2.